The van der Waals surface area contributed by atoms with E-state index in [9.17, 15) is 0 Å². The summed E-state index contributed by atoms with van der Waals surface area (Å²) in [6, 6.07) is 6.41. The van der Waals surface area contributed by atoms with E-state index in [0.29, 0.717) is 18.6 Å². The van der Waals surface area contributed by atoms with Crippen LogP contribution in [-0.2, 0) is 5.41 Å². The van der Waals surface area contributed by atoms with E-state index in [0.717, 1.165) is 30.5 Å². The van der Waals surface area contributed by atoms with Gasteiger partial charge in [-0.05, 0) is 48.5 Å². The molecule has 0 saturated heterocycles. The van der Waals surface area contributed by atoms with Gasteiger partial charge in [0.05, 0.1) is 0 Å². The fourth-order valence-electron chi connectivity index (χ4n) is 2.82. The first kappa shape index (κ1) is 11.8. The molecule has 1 aliphatic carbocycles. The van der Waals surface area contributed by atoms with Crippen molar-refractivity contribution >= 4 is 0 Å². The Hall–Kier alpha value is -1.22. The molecule has 3 nitrogen and oxygen atoms in total. The maximum Gasteiger partial charge on any atom is 0.161 e. The molecule has 3 rings (SSSR count). The van der Waals surface area contributed by atoms with E-state index in [1.807, 2.05) is 0 Å². The summed E-state index contributed by atoms with van der Waals surface area (Å²) < 4.78 is 11.2. The van der Waals surface area contributed by atoms with Crippen molar-refractivity contribution in [3.05, 3.63) is 23.8 Å². The fraction of sp³-hybridized carbons (Fsp3) is 0.600. The van der Waals surface area contributed by atoms with Crippen LogP contribution in [0.5, 0.6) is 11.5 Å². The maximum atomic E-state index is 5.66. The Morgan fingerprint density at radius 1 is 1.28 bits per heavy atom. The topological polar surface area (TPSA) is 30.5 Å². The molecule has 1 saturated carbocycles. The summed E-state index contributed by atoms with van der Waals surface area (Å²) in [6.07, 6.45) is 1.26. The largest absolute Gasteiger partial charge is 0.486 e. The molecule has 1 aromatic carbocycles. The second-order valence-electron chi connectivity index (χ2n) is 5.48. The molecule has 1 fully saturated rings. The summed E-state index contributed by atoms with van der Waals surface area (Å²) in [5.74, 6) is 2.55. The molecule has 2 atom stereocenters. The van der Waals surface area contributed by atoms with Gasteiger partial charge < -0.3 is 14.8 Å². The van der Waals surface area contributed by atoms with Gasteiger partial charge in [-0.3, -0.25) is 0 Å². The Labute approximate surface area is 108 Å². The van der Waals surface area contributed by atoms with Crippen LogP contribution < -0.4 is 14.8 Å². The second kappa shape index (κ2) is 4.47. The number of fused-ring (bicyclic) bond motifs is 1. The van der Waals surface area contributed by atoms with Gasteiger partial charge in [0.25, 0.3) is 0 Å². The minimum Gasteiger partial charge on any atom is -0.486 e. The Bertz CT molecular complexity index is 446. The normalized spacial score (nSPS) is 29.1. The molecule has 0 amide bonds. The average Bonchev–Trinajstić information content (AvgIpc) is 3.08. The van der Waals surface area contributed by atoms with Gasteiger partial charge in [0, 0.05) is 0 Å². The van der Waals surface area contributed by atoms with E-state index in [2.05, 4.69) is 37.4 Å². The van der Waals surface area contributed by atoms with E-state index in [1.54, 1.807) is 0 Å². The Morgan fingerprint density at radius 2 is 2.06 bits per heavy atom. The van der Waals surface area contributed by atoms with E-state index in [1.165, 1.54) is 12.0 Å². The van der Waals surface area contributed by atoms with Crippen LogP contribution in [0.25, 0.3) is 0 Å². The van der Waals surface area contributed by atoms with Gasteiger partial charge in [0.1, 0.15) is 13.2 Å². The maximum absolute atomic E-state index is 5.66. The van der Waals surface area contributed by atoms with E-state index < -0.39 is 0 Å². The third-order valence-electron chi connectivity index (χ3n) is 4.25. The van der Waals surface area contributed by atoms with Crippen LogP contribution in [0.1, 0.15) is 25.8 Å². The first-order valence-electron chi connectivity index (χ1n) is 6.85. The van der Waals surface area contributed by atoms with Gasteiger partial charge in [0.15, 0.2) is 11.5 Å². The lowest BCUT2D eigenvalue weighted by Crippen LogP contribution is -2.20. The highest BCUT2D eigenvalue weighted by Crippen LogP contribution is 2.54. The molecule has 0 aromatic heterocycles. The monoisotopic (exact) mass is 247 g/mol. The predicted molar refractivity (Wildman–Crippen MR) is 71.4 cm³/mol. The van der Waals surface area contributed by atoms with Gasteiger partial charge >= 0.3 is 0 Å². The van der Waals surface area contributed by atoms with Crippen molar-refractivity contribution in [2.75, 3.05) is 26.3 Å². The third-order valence-corrected chi connectivity index (χ3v) is 4.25. The molecule has 18 heavy (non-hydrogen) atoms. The lowest BCUT2D eigenvalue weighted by atomic mass is 9.95. The van der Waals surface area contributed by atoms with Crippen LogP contribution in [0.4, 0.5) is 0 Å². The average molecular weight is 247 g/mol. The van der Waals surface area contributed by atoms with Crippen molar-refractivity contribution in [1.29, 1.82) is 0 Å². The Balaban J connectivity index is 1.77. The molecule has 3 heteroatoms. The third kappa shape index (κ3) is 1.97. The first-order chi connectivity index (χ1) is 8.74. The highest BCUT2D eigenvalue weighted by molar-refractivity contribution is 5.47. The van der Waals surface area contributed by atoms with Crippen LogP contribution in [0, 0.1) is 5.92 Å². The molecular weight excluding hydrogens is 226 g/mol. The second-order valence-corrected chi connectivity index (χ2v) is 5.48. The van der Waals surface area contributed by atoms with Gasteiger partial charge in [-0.15, -0.1) is 0 Å². The number of hydrogen-bond donors (Lipinski definition) is 1. The van der Waals surface area contributed by atoms with Crippen molar-refractivity contribution < 1.29 is 9.47 Å². The zero-order valence-electron chi connectivity index (χ0n) is 11.2. The SMILES string of the molecule is CCNCC1CC1(C)c1ccc2c(c1)OCCO2. The van der Waals surface area contributed by atoms with Crippen molar-refractivity contribution in [2.45, 2.75) is 25.7 Å². The van der Waals surface area contributed by atoms with Crippen LogP contribution in [-0.4, -0.2) is 26.3 Å². The standard InChI is InChI=1S/C15H21NO2/c1-3-16-10-12-9-15(12,2)11-4-5-13-14(8-11)18-7-6-17-13/h4-5,8,12,16H,3,6-7,9-10H2,1-2H3. The summed E-state index contributed by atoms with van der Waals surface area (Å²) in [5, 5.41) is 3.44. The van der Waals surface area contributed by atoms with E-state index >= 15 is 0 Å². The van der Waals surface area contributed by atoms with E-state index in [-0.39, 0.29) is 0 Å². The summed E-state index contributed by atoms with van der Waals surface area (Å²) in [7, 11) is 0. The number of hydrogen-bond acceptors (Lipinski definition) is 3. The molecule has 2 unspecified atom stereocenters. The molecule has 1 aliphatic heterocycles. The summed E-state index contributed by atoms with van der Waals surface area (Å²) >= 11 is 0. The minimum absolute atomic E-state index is 0.317. The molecular formula is C15H21NO2. The number of nitrogens with one attached hydrogen (secondary N) is 1. The van der Waals surface area contributed by atoms with Crippen LogP contribution in [0.2, 0.25) is 0 Å². The summed E-state index contributed by atoms with van der Waals surface area (Å²) in [4.78, 5) is 0. The number of rotatable bonds is 4. The van der Waals surface area contributed by atoms with Gasteiger partial charge in [-0.25, -0.2) is 0 Å². The van der Waals surface area contributed by atoms with Gasteiger partial charge in [-0.2, -0.15) is 0 Å². The molecule has 1 aromatic rings. The first-order valence-corrected chi connectivity index (χ1v) is 6.85. The zero-order valence-corrected chi connectivity index (χ0v) is 11.2. The number of benzene rings is 1. The molecule has 1 heterocycles. The molecule has 0 spiro atoms. The van der Waals surface area contributed by atoms with Crippen LogP contribution in [0.15, 0.2) is 18.2 Å². The van der Waals surface area contributed by atoms with Crippen molar-refractivity contribution in [2.24, 2.45) is 5.92 Å². The van der Waals surface area contributed by atoms with E-state index in [4.69, 9.17) is 9.47 Å². The lowest BCUT2D eigenvalue weighted by Gasteiger charge is -2.21. The number of ether oxygens (including phenoxy) is 2. The van der Waals surface area contributed by atoms with Crippen molar-refractivity contribution in [3.8, 4) is 11.5 Å². The lowest BCUT2D eigenvalue weighted by molar-refractivity contribution is 0.171. The smallest absolute Gasteiger partial charge is 0.161 e. The highest BCUT2D eigenvalue weighted by Gasteiger charge is 2.50. The van der Waals surface area contributed by atoms with Crippen LogP contribution >= 0.6 is 0 Å². The van der Waals surface area contributed by atoms with Crippen LogP contribution in [0.3, 0.4) is 0 Å². The fourth-order valence-corrected chi connectivity index (χ4v) is 2.82. The van der Waals surface area contributed by atoms with Gasteiger partial charge in [0.2, 0.25) is 0 Å². The van der Waals surface area contributed by atoms with Gasteiger partial charge in [-0.1, -0.05) is 19.9 Å². The Morgan fingerprint density at radius 3 is 2.83 bits per heavy atom. The predicted octanol–water partition coefficient (Wildman–Crippen LogP) is 2.34. The molecule has 0 bridgehead atoms. The summed E-state index contributed by atoms with van der Waals surface area (Å²) in [6.45, 7) is 7.99. The quantitative estimate of drug-likeness (QED) is 0.886. The summed E-state index contributed by atoms with van der Waals surface area (Å²) in [5.41, 5.74) is 1.70. The van der Waals surface area contributed by atoms with Crippen molar-refractivity contribution in [1.82, 2.24) is 5.32 Å². The zero-order chi connectivity index (χ0) is 12.6. The highest BCUT2D eigenvalue weighted by atomic mass is 16.6. The molecule has 2 aliphatic rings. The minimum atomic E-state index is 0.317. The molecule has 98 valence electrons. The molecule has 0 radical (unpaired) electrons. The Kier molecular flexibility index (Phi) is 2.94. The van der Waals surface area contributed by atoms with Crippen molar-refractivity contribution in [3.63, 3.8) is 0 Å². The molecule has 1 N–H and O–H groups in total.